The molecule has 1 heterocycles. The van der Waals surface area contributed by atoms with Crippen LogP contribution in [0.25, 0.3) is 0 Å². The van der Waals surface area contributed by atoms with Gasteiger partial charge in [0.15, 0.2) is 0 Å². The minimum atomic E-state index is -0.276. The quantitative estimate of drug-likeness (QED) is 0.491. The Hall–Kier alpha value is -2.05. The SMILES string of the molecule is NC(=Nc1ccc(Cl)cc1)N/N=C1\CCSc2ccc(F)cc21. The molecule has 3 N–H and O–H groups in total. The topological polar surface area (TPSA) is 62.8 Å². The highest BCUT2D eigenvalue weighted by Gasteiger charge is 2.16. The maximum Gasteiger partial charge on any atom is 0.214 e. The van der Waals surface area contributed by atoms with Crippen molar-refractivity contribution in [2.45, 2.75) is 11.3 Å². The zero-order valence-corrected chi connectivity index (χ0v) is 13.7. The van der Waals surface area contributed by atoms with Crippen molar-refractivity contribution >= 4 is 40.7 Å². The summed E-state index contributed by atoms with van der Waals surface area (Å²) in [6.07, 6.45) is 0.738. The Bertz CT molecular complexity index is 774. The number of thioether (sulfide) groups is 1. The number of hydrogen-bond donors (Lipinski definition) is 2. The number of fused-ring (bicyclic) bond motifs is 1. The normalized spacial score (nSPS) is 16.3. The average Bonchev–Trinajstić information content (AvgIpc) is 2.55. The molecule has 0 atom stereocenters. The van der Waals surface area contributed by atoms with Crippen LogP contribution >= 0.6 is 23.4 Å². The fourth-order valence-electron chi connectivity index (χ4n) is 2.17. The summed E-state index contributed by atoms with van der Waals surface area (Å²) in [6.45, 7) is 0. The van der Waals surface area contributed by atoms with Crippen LogP contribution in [0.3, 0.4) is 0 Å². The van der Waals surface area contributed by atoms with Crippen LogP contribution in [0.1, 0.15) is 12.0 Å². The van der Waals surface area contributed by atoms with Crippen molar-refractivity contribution in [2.24, 2.45) is 15.8 Å². The van der Waals surface area contributed by atoms with Crippen LogP contribution in [0, 0.1) is 5.82 Å². The Kier molecular flexibility index (Phi) is 4.83. The van der Waals surface area contributed by atoms with E-state index in [0.29, 0.717) is 10.7 Å². The van der Waals surface area contributed by atoms with Gasteiger partial charge < -0.3 is 5.73 Å². The summed E-state index contributed by atoms with van der Waals surface area (Å²) in [5.74, 6) is 0.783. The number of guanidine groups is 1. The zero-order valence-electron chi connectivity index (χ0n) is 12.1. The lowest BCUT2D eigenvalue weighted by Gasteiger charge is -2.17. The van der Waals surface area contributed by atoms with Gasteiger partial charge >= 0.3 is 0 Å². The average molecular weight is 349 g/mol. The highest BCUT2D eigenvalue weighted by Crippen LogP contribution is 2.30. The van der Waals surface area contributed by atoms with E-state index in [1.165, 1.54) is 12.1 Å². The van der Waals surface area contributed by atoms with Gasteiger partial charge in [-0.15, -0.1) is 11.8 Å². The number of hydrazone groups is 1. The molecular formula is C16H14ClFN4S. The molecule has 0 amide bonds. The minimum Gasteiger partial charge on any atom is -0.368 e. The van der Waals surface area contributed by atoms with Crippen LogP contribution in [-0.2, 0) is 0 Å². The second-order valence-corrected chi connectivity index (χ2v) is 6.46. The number of rotatable bonds is 2. The van der Waals surface area contributed by atoms with E-state index < -0.39 is 0 Å². The predicted molar refractivity (Wildman–Crippen MR) is 94.1 cm³/mol. The van der Waals surface area contributed by atoms with Gasteiger partial charge in [0.05, 0.1) is 11.4 Å². The number of nitrogens with two attached hydrogens (primary N) is 1. The third kappa shape index (κ3) is 4.03. The molecule has 7 heteroatoms. The number of aliphatic imine (C=N–C) groups is 1. The Labute approximate surface area is 142 Å². The molecule has 4 nitrogen and oxygen atoms in total. The van der Waals surface area contributed by atoms with E-state index in [2.05, 4.69) is 15.5 Å². The van der Waals surface area contributed by atoms with Gasteiger partial charge in [-0.3, -0.25) is 0 Å². The molecule has 0 radical (unpaired) electrons. The zero-order chi connectivity index (χ0) is 16.2. The van der Waals surface area contributed by atoms with E-state index in [9.17, 15) is 4.39 Å². The maximum absolute atomic E-state index is 13.4. The molecule has 0 aliphatic carbocycles. The van der Waals surface area contributed by atoms with Crippen LogP contribution in [0.15, 0.2) is 57.5 Å². The molecule has 0 spiro atoms. The van der Waals surface area contributed by atoms with Gasteiger partial charge in [-0.2, -0.15) is 5.10 Å². The summed E-state index contributed by atoms with van der Waals surface area (Å²) >= 11 is 7.51. The monoisotopic (exact) mass is 348 g/mol. The third-order valence-corrected chi connectivity index (χ3v) is 4.56. The van der Waals surface area contributed by atoms with Crippen molar-refractivity contribution < 1.29 is 4.39 Å². The second-order valence-electron chi connectivity index (χ2n) is 4.88. The van der Waals surface area contributed by atoms with E-state index in [-0.39, 0.29) is 11.8 Å². The summed E-state index contributed by atoms with van der Waals surface area (Å²) in [5, 5.41) is 4.92. The predicted octanol–water partition coefficient (Wildman–Crippen LogP) is 3.92. The van der Waals surface area contributed by atoms with Gasteiger partial charge in [-0.25, -0.2) is 14.8 Å². The van der Waals surface area contributed by atoms with Crippen LogP contribution in [0.2, 0.25) is 5.02 Å². The molecule has 2 aromatic carbocycles. The van der Waals surface area contributed by atoms with Crippen molar-refractivity contribution in [1.82, 2.24) is 5.43 Å². The highest BCUT2D eigenvalue weighted by molar-refractivity contribution is 7.99. The molecule has 0 saturated carbocycles. The summed E-state index contributed by atoms with van der Waals surface area (Å²) in [6, 6.07) is 11.7. The van der Waals surface area contributed by atoms with Crippen LogP contribution in [0.4, 0.5) is 10.1 Å². The first kappa shape index (κ1) is 15.8. The third-order valence-electron chi connectivity index (χ3n) is 3.23. The van der Waals surface area contributed by atoms with Crippen molar-refractivity contribution in [1.29, 1.82) is 0 Å². The molecule has 1 aliphatic heterocycles. The van der Waals surface area contributed by atoms with Gasteiger partial charge in [0.1, 0.15) is 5.82 Å². The number of nitrogens with one attached hydrogen (secondary N) is 1. The molecule has 1 aliphatic rings. The van der Waals surface area contributed by atoms with Gasteiger partial charge in [0.25, 0.3) is 0 Å². The lowest BCUT2D eigenvalue weighted by atomic mass is 10.1. The van der Waals surface area contributed by atoms with E-state index in [0.717, 1.165) is 28.3 Å². The molecule has 2 aromatic rings. The molecule has 0 unspecified atom stereocenters. The molecule has 0 saturated heterocycles. The van der Waals surface area contributed by atoms with Crippen molar-refractivity contribution in [3.63, 3.8) is 0 Å². The Morgan fingerprint density at radius 1 is 1.22 bits per heavy atom. The van der Waals surface area contributed by atoms with Gasteiger partial charge in [-0.1, -0.05) is 11.6 Å². The summed E-state index contributed by atoms with van der Waals surface area (Å²) < 4.78 is 13.4. The summed E-state index contributed by atoms with van der Waals surface area (Å²) in [4.78, 5) is 5.22. The van der Waals surface area contributed by atoms with E-state index in [1.807, 2.05) is 0 Å². The molecule has 0 bridgehead atoms. The van der Waals surface area contributed by atoms with Crippen LogP contribution in [-0.4, -0.2) is 17.4 Å². The van der Waals surface area contributed by atoms with Crippen LogP contribution < -0.4 is 11.2 Å². The van der Waals surface area contributed by atoms with E-state index >= 15 is 0 Å². The van der Waals surface area contributed by atoms with Crippen molar-refractivity contribution in [3.05, 3.63) is 58.9 Å². The summed E-state index contributed by atoms with van der Waals surface area (Å²) in [5.41, 5.74) is 10.8. The van der Waals surface area contributed by atoms with Gasteiger partial charge in [-0.05, 0) is 42.5 Å². The van der Waals surface area contributed by atoms with Gasteiger partial charge in [0.2, 0.25) is 5.96 Å². The number of nitrogens with zero attached hydrogens (tertiary/aromatic N) is 2. The minimum absolute atomic E-state index is 0.163. The largest absolute Gasteiger partial charge is 0.368 e. The number of hydrogen-bond acceptors (Lipinski definition) is 3. The maximum atomic E-state index is 13.4. The molecular weight excluding hydrogens is 335 g/mol. The lowest BCUT2D eigenvalue weighted by Crippen LogP contribution is -2.28. The number of halogens is 2. The molecule has 3 rings (SSSR count). The molecule has 0 aromatic heterocycles. The second kappa shape index (κ2) is 7.02. The lowest BCUT2D eigenvalue weighted by molar-refractivity contribution is 0.626. The fraction of sp³-hybridized carbons (Fsp3) is 0.125. The van der Waals surface area contributed by atoms with Gasteiger partial charge in [0, 0.05) is 27.7 Å². The van der Waals surface area contributed by atoms with E-state index in [1.54, 1.807) is 42.1 Å². The molecule has 0 fully saturated rings. The first-order valence-corrected chi connectivity index (χ1v) is 8.33. The first-order valence-electron chi connectivity index (χ1n) is 6.97. The Morgan fingerprint density at radius 2 is 2.00 bits per heavy atom. The Balaban J connectivity index is 1.78. The standard InChI is InChI=1S/C16H14ClFN4S/c17-10-1-4-12(5-2-10)20-16(19)22-21-14-7-8-23-15-6-3-11(18)9-13(14)15/h1-6,9H,7-8H2,(H3,19,20,22)/b21-14+. The van der Waals surface area contributed by atoms with Crippen LogP contribution in [0.5, 0.6) is 0 Å². The smallest absolute Gasteiger partial charge is 0.214 e. The fourth-order valence-corrected chi connectivity index (χ4v) is 3.30. The van der Waals surface area contributed by atoms with Crippen molar-refractivity contribution in [3.8, 4) is 0 Å². The Morgan fingerprint density at radius 3 is 2.78 bits per heavy atom. The van der Waals surface area contributed by atoms with E-state index in [4.69, 9.17) is 17.3 Å². The summed E-state index contributed by atoms with van der Waals surface area (Å²) in [7, 11) is 0. The highest BCUT2D eigenvalue weighted by atomic mass is 35.5. The first-order chi connectivity index (χ1) is 11.1. The van der Waals surface area contributed by atoms with Crippen molar-refractivity contribution in [2.75, 3.05) is 5.75 Å². The number of benzene rings is 2. The molecule has 118 valence electrons. The molecule has 23 heavy (non-hydrogen) atoms.